The molecule has 2 heterocycles. The van der Waals surface area contributed by atoms with E-state index in [1.807, 2.05) is 24.3 Å². The minimum absolute atomic E-state index is 0.287. The first-order valence-corrected chi connectivity index (χ1v) is 7.53. The highest BCUT2D eigenvalue weighted by Crippen LogP contribution is 2.28. The van der Waals surface area contributed by atoms with Crippen LogP contribution in [0.15, 0.2) is 28.7 Å². The summed E-state index contributed by atoms with van der Waals surface area (Å²) >= 11 is 0. The molecule has 1 aromatic heterocycles. The molecule has 0 spiro atoms. The van der Waals surface area contributed by atoms with Crippen molar-refractivity contribution in [2.45, 2.75) is 26.0 Å². The minimum Gasteiger partial charge on any atom is -0.496 e. The van der Waals surface area contributed by atoms with Crippen LogP contribution in [0.3, 0.4) is 0 Å². The summed E-state index contributed by atoms with van der Waals surface area (Å²) in [6.45, 7) is 4.22. The van der Waals surface area contributed by atoms with Gasteiger partial charge in [0.2, 0.25) is 5.89 Å². The van der Waals surface area contributed by atoms with Crippen LogP contribution in [0.4, 0.5) is 0 Å². The second-order valence-corrected chi connectivity index (χ2v) is 5.77. The Morgan fingerprint density at radius 2 is 2.18 bits per heavy atom. The molecule has 0 radical (unpaired) electrons. The number of aliphatic hydroxyl groups excluding tert-OH is 1. The first kappa shape index (κ1) is 15.0. The Kier molecular flexibility index (Phi) is 4.40. The van der Waals surface area contributed by atoms with Crippen molar-refractivity contribution in [2.24, 2.45) is 5.92 Å². The van der Waals surface area contributed by atoms with E-state index in [1.165, 1.54) is 0 Å². The van der Waals surface area contributed by atoms with Gasteiger partial charge in [0.15, 0.2) is 0 Å². The molecule has 0 aliphatic carbocycles. The van der Waals surface area contributed by atoms with E-state index >= 15 is 0 Å². The molecule has 6 nitrogen and oxygen atoms in total. The lowest BCUT2D eigenvalue weighted by atomic mass is 9.96. The van der Waals surface area contributed by atoms with E-state index in [9.17, 15) is 5.11 Å². The van der Waals surface area contributed by atoms with Crippen LogP contribution in [-0.2, 0) is 6.54 Å². The quantitative estimate of drug-likeness (QED) is 0.931. The molecule has 3 rings (SSSR count). The number of ether oxygens (including phenoxy) is 1. The molecule has 0 amide bonds. The average Bonchev–Trinajstić information content (AvgIpc) is 2.99. The maximum absolute atomic E-state index is 9.95. The Morgan fingerprint density at radius 1 is 1.36 bits per heavy atom. The first-order chi connectivity index (χ1) is 10.7. The van der Waals surface area contributed by atoms with Crippen molar-refractivity contribution >= 4 is 0 Å². The highest BCUT2D eigenvalue weighted by atomic mass is 16.5. The highest BCUT2D eigenvalue weighted by molar-refractivity contribution is 5.62. The van der Waals surface area contributed by atoms with Crippen molar-refractivity contribution in [2.75, 3.05) is 20.2 Å². The molecule has 22 heavy (non-hydrogen) atoms. The van der Waals surface area contributed by atoms with Gasteiger partial charge in [-0.3, -0.25) is 4.90 Å². The van der Waals surface area contributed by atoms with Gasteiger partial charge in [0.05, 0.1) is 25.3 Å². The summed E-state index contributed by atoms with van der Waals surface area (Å²) in [7, 11) is 1.62. The topological polar surface area (TPSA) is 71.6 Å². The molecule has 1 N–H and O–H groups in total. The second-order valence-electron chi connectivity index (χ2n) is 5.77. The molecule has 1 saturated heterocycles. The third-order valence-electron chi connectivity index (χ3n) is 4.17. The number of β-amino-alcohol motifs (C(OH)–C–C–N with tert-alkyl or cyclic N) is 1. The first-order valence-electron chi connectivity index (χ1n) is 7.53. The number of para-hydroxylation sites is 1. The summed E-state index contributed by atoms with van der Waals surface area (Å²) in [5.74, 6) is 2.07. The fraction of sp³-hybridized carbons (Fsp3) is 0.500. The third-order valence-corrected chi connectivity index (χ3v) is 4.17. The molecule has 2 unspecified atom stereocenters. The van der Waals surface area contributed by atoms with Gasteiger partial charge in [0.1, 0.15) is 5.75 Å². The SMILES string of the molecule is COc1ccccc1-c1nnc(CN2CCC(C)C(O)C2)o1. The monoisotopic (exact) mass is 303 g/mol. The molecule has 2 atom stereocenters. The van der Waals surface area contributed by atoms with Crippen LogP contribution in [0.1, 0.15) is 19.2 Å². The normalized spacial score (nSPS) is 22.7. The Labute approximate surface area is 129 Å². The van der Waals surface area contributed by atoms with Crippen LogP contribution < -0.4 is 4.74 Å². The predicted octanol–water partition coefficient (Wildman–Crippen LogP) is 1.95. The molecule has 118 valence electrons. The fourth-order valence-corrected chi connectivity index (χ4v) is 2.70. The van der Waals surface area contributed by atoms with Crippen molar-refractivity contribution in [1.82, 2.24) is 15.1 Å². The lowest BCUT2D eigenvalue weighted by molar-refractivity contribution is 0.0228. The number of aromatic nitrogens is 2. The number of methoxy groups -OCH3 is 1. The van der Waals surface area contributed by atoms with Gasteiger partial charge in [-0.1, -0.05) is 19.1 Å². The van der Waals surface area contributed by atoms with Crippen LogP contribution in [0, 0.1) is 5.92 Å². The van der Waals surface area contributed by atoms with Gasteiger partial charge in [0.25, 0.3) is 5.89 Å². The lowest BCUT2D eigenvalue weighted by Crippen LogP contribution is -2.42. The molecular formula is C16H21N3O3. The number of benzene rings is 1. The lowest BCUT2D eigenvalue weighted by Gasteiger charge is -2.33. The van der Waals surface area contributed by atoms with Crippen LogP contribution in [0.2, 0.25) is 0 Å². The maximum atomic E-state index is 9.95. The van der Waals surface area contributed by atoms with E-state index in [2.05, 4.69) is 22.0 Å². The summed E-state index contributed by atoms with van der Waals surface area (Å²) in [6, 6.07) is 7.56. The number of nitrogens with zero attached hydrogens (tertiary/aromatic N) is 3. The zero-order chi connectivity index (χ0) is 15.5. The number of rotatable bonds is 4. The number of hydrogen-bond donors (Lipinski definition) is 1. The zero-order valence-electron chi connectivity index (χ0n) is 12.9. The number of aliphatic hydroxyl groups is 1. The standard InChI is InChI=1S/C16H21N3O3/c1-11-7-8-19(9-13(11)20)10-15-17-18-16(22-15)12-5-3-4-6-14(12)21-2/h3-6,11,13,20H,7-10H2,1-2H3. The van der Waals surface area contributed by atoms with Crippen molar-refractivity contribution < 1.29 is 14.3 Å². The predicted molar refractivity (Wildman–Crippen MR) is 81.4 cm³/mol. The Hall–Kier alpha value is -1.92. The molecule has 0 saturated carbocycles. The van der Waals surface area contributed by atoms with Gasteiger partial charge in [-0.05, 0) is 31.0 Å². The van der Waals surface area contributed by atoms with Crippen LogP contribution in [0.25, 0.3) is 11.5 Å². The molecule has 1 aliphatic heterocycles. The summed E-state index contributed by atoms with van der Waals surface area (Å²) < 4.78 is 11.1. The number of hydrogen-bond acceptors (Lipinski definition) is 6. The van der Waals surface area contributed by atoms with Gasteiger partial charge in [-0.15, -0.1) is 10.2 Å². The highest BCUT2D eigenvalue weighted by Gasteiger charge is 2.25. The fourth-order valence-electron chi connectivity index (χ4n) is 2.70. The van der Waals surface area contributed by atoms with E-state index < -0.39 is 0 Å². The zero-order valence-corrected chi connectivity index (χ0v) is 12.9. The Bertz CT molecular complexity index is 629. The summed E-state index contributed by atoms with van der Waals surface area (Å²) in [5.41, 5.74) is 0.788. The largest absolute Gasteiger partial charge is 0.496 e. The van der Waals surface area contributed by atoms with Gasteiger partial charge in [0, 0.05) is 6.54 Å². The number of piperidine rings is 1. The van der Waals surface area contributed by atoms with E-state index in [1.54, 1.807) is 7.11 Å². The van der Waals surface area contributed by atoms with Crippen molar-refractivity contribution in [1.29, 1.82) is 0 Å². The maximum Gasteiger partial charge on any atom is 0.251 e. The van der Waals surface area contributed by atoms with Gasteiger partial charge in [-0.2, -0.15) is 0 Å². The number of likely N-dealkylation sites (tertiary alicyclic amines) is 1. The van der Waals surface area contributed by atoms with E-state index in [4.69, 9.17) is 9.15 Å². The van der Waals surface area contributed by atoms with E-state index in [0.717, 1.165) is 18.5 Å². The minimum atomic E-state index is -0.287. The molecule has 0 bridgehead atoms. The summed E-state index contributed by atoms with van der Waals surface area (Å²) in [6.07, 6.45) is 0.694. The smallest absolute Gasteiger partial charge is 0.251 e. The second kappa shape index (κ2) is 6.46. The molecule has 2 aromatic rings. The Morgan fingerprint density at radius 3 is 2.95 bits per heavy atom. The van der Waals surface area contributed by atoms with Crippen LogP contribution in [0.5, 0.6) is 5.75 Å². The van der Waals surface area contributed by atoms with Crippen molar-refractivity contribution in [3.63, 3.8) is 0 Å². The van der Waals surface area contributed by atoms with Gasteiger partial charge >= 0.3 is 0 Å². The molecular weight excluding hydrogens is 282 g/mol. The van der Waals surface area contributed by atoms with Crippen molar-refractivity contribution in [3.8, 4) is 17.2 Å². The van der Waals surface area contributed by atoms with E-state index in [0.29, 0.717) is 36.5 Å². The summed E-state index contributed by atoms with van der Waals surface area (Å²) in [4.78, 5) is 2.14. The van der Waals surface area contributed by atoms with Crippen LogP contribution in [-0.4, -0.2) is 46.5 Å². The Balaban J connectivity index is 1.71. The molecule has 1 aliphatic rings. The summed E-state index contributed by atoms with van der Waals surface area (Å²) in [5, 5.41) is 18.2. The molecule has 1 aromatic carbocycles. The average molecular weight is 303 g/mol. The van der Waals surface area contributed by atoms with Gasteiger partial charge in [-0.25, -0.2) is 0 Å². The van der Waals surface area contributed by atoms with Crippen LogP contribution >= 0.6 is 0 Å². The van der Waals surface area contributed by atoms with Crippen molar-refractivity contribution in [3.05, 3.63) is 30.2 Å². The molecule has 6 heteroatoms. The van der Waals surface area contributed by atoms with Gasteiger partial charge < -0.3 is 14.3 Å². The molecule has 1 fully saturated rings. The van der Waals surface area contributed by atoms with E-state index in [-0.39, 0.29) is 6.10 Å². The third kappa shape index (κ3) is 3.13.